The molecule has 1 rings (SSSR count). The highest BCUT2D eigenvalue weighted by molar-refractivity contribution is 9.10. The number of hydrogen-bond donors (Lipinski definition) is 1. The van der Waals surface area contributed by atoms with Gasteiger partial charge in [0.1, 0.15) is 0 Å². The summed E-state index contributed by atoms with van der Waals surface area (Å²) in [5.41, 5.74) is 1.19. The van der Waals surface area contributed by atoms with Crippen LogP contribution in [0.2, 0.25) is 0 Å². The fourth-order valence-electron chi connectivity index (χ4n) is 1.84. The van der Waals surface area contributed by atoms with E-state index in [-0.39, 0.29) is 6.03 Å². The predicted molar refractivity (Wildman–Crippen MR) is 86.6 cm³/mol. The zero-order chi connectivity index (χ0) is 15.5. The number of halogens is 1. The van der Waals surface area contributed by atoms with Crippen molar-refractivity contribution in [3.63, 3.8) is 0 Å². The molecule has 0 atom stereocenters. The van der Waals surface area contributed by atoms with Crippen molar-refractivity contribution < 1.29 is 14.3 Å². The number of carbonyl (C=O) groups is 1. The van der Waals surface area contributed by atoms with Crippen LogP contribution >= 0.6 is 15.9 Å². The zero-order valence-electron chi connectivity index (χ0n) is 12.6. The van der Waals surface area contributed by atoms with E-state index in [0.717, 1.165) is 10.9 Å². The Morgan fingerprint density at radius 3 is 2.48 bits per heavy atom. The number of amides is 2. The lowest BCUT2D eigenvalue weighted by Crippen LogP contribution is -2.43. The molecule has 0 aliphatic rings. The van der Waals surface area contributed by atoms with Crippen LogP contribution in [0.15, 0.2) is 28.7 Å². The van der Waals surface area contributed by atoms with Crippen LogP contribution in [0.4, 0.5) is 4.79 Å². The number of nitrogens with zero attached hydrogens (tertiary/aromatic N) is 1. The lowest BCUT2D eigenvalue weighted by Gasteiger charge is -2.22. The molecule has 0 aliphatic heterocycles. The van der Waals surface area contributed by atoms with Gasteiger partial charge in [0, 0.05) is 38.3 Å². The average Bonchev–Trinajstić information content (AvgIpc) is 2.47. The van der Waals surface area contributed by atoms with Gasteiger partial charge in [0.05, 0.1) is 13.2 Å². The van der Waals surface area contributed by atoms with Gasteiger partial charge in [-0.3, -0.25) is 0 Å². The van der Waals surface area contributed by atoms with Gasteiger partial charge < -0.3 is 19.7 Å². The molecule has 1 N–H and O–H groups in total. The fraction of sp³-hybridized carbons (Fsp3) is 0.533. The lowest BCUT2D eigenvalue weighted by atomic mass is 10.1. The Kier molecular flexibility index (Phi) is 9.05. The lowest BCUT2D eigenvalue weighted by molar-refractivity contribution is 0.122. The molecule has 0 spiro atoms. The molecule has 0 bridgehead atoms. The zero-order valence-corrected chi connectivity index (χ0v) is 14.2. The molecule has 1 aromatic carbocycles. The first-order chi connectivity index (χ1) is 10.2. The minimum absolute atomic E-state index is 0.0842. The summed E-state index contributed by atoms with van der Waals surface area (Å²) >= 11 is 3.44. The number of nitrogens with one attached hydrogen (secondary N) is 1. The minimum Gasteiger partial charge on any atom is -0.383 e. The number of carbonyl (C=O) groups excluding carboxylic acids is 1. The number of rotatable bonds is 9. The maximum absolute atomic E-state index is 12.1. The van der Waals surface area contributed by atoms with Crippen LogP contribution in [0.25, 0.3) is 0 Å². The van der Waals surface area contributed by atoms with Gasteiger partial charge in [0.2, 0.25) is 0 Å². The first kappa shape index (κ1) is 17.9. The normalized spacial score (nSPS) is 10.4. The number of benzene rings is 1. The standard InChI is InChI=1S/C15H23BrN2O3/c1-20-10-8-18(9-11-21-2)15(19)17-7-6-13-4-3-5-14(16)12-13/h3-5,12H,6-11H2,1-2H3,(H,17,19). The Labute approximate surface area is 134 Å². The molecule has 0 fully saturated rings. The molecule has 1 aromatic rings. The van der Waals surface area contributed by atoms with Gasteiger partial charge in [0.25, 0.3) is 0 Å². The van der Waals surface area contributed by atoms with E-state index in [9.17, 15) is 4.79 Å². The summed E-state index contributed by atoms with van der Waals surface area (Å²) in [7, 11) is 3.25. The first-order valence-electron chi connectivity index (χ1n) is 6.92. The van der Waals surface area contributed by atoms with E-state index >= 15 is 0 Å². The Balaban J connectivity index is 2.37. The number of ether oxygens (including phenoxy) is 2. The Hall–Kier alpha value is -1.11. The van der Waals surface area contributed by atoms with Gasteiger partial charge in [-0.15, -0.1) is 0 Å². The quantitative estimate of drug-likeness (QED) is 0.736. The van der Waals surface area contributed by atoms with Crippen molar-refractivity contribution in [2.45, 2.75) is 6.42 Å². The van der Waals surface area contributed by atoms with E-state index in [2.05, 4.69) is 27.3 Å². The van der Waals surface area contributed by atoms with Crippen molar-refractivity contribution in [2.75, 3.05) is 47.1 Å². The van der Waals surface area contributed by atoms with Crippen molar-refractivity contribution in [1.29, 1.82) is 0 Å². The van der Waals surface area contributed by atoms with E-state index in [0.29, 0.717) is 32.8 Å². The highest BCUT2D eigenvalue weighted by Crippen LogP contribution is 2.11. The van der Waals surface area contributed by atoms with Gasteiger partial charge in [-0.2, -0.15) is 0 Å². The molecule has 0 unspecified atom stereocenters. The second-order valence-electron chi connectivity index (χ2n) is 4.58. The Morgan fingerprint density at radius 1 is 1.24 bits per heavy atom. The molecule has 118 valence electrons. The van der Waals surface area contributed by atoms with Gasteiger partial charge in [-0.1, -0.05) is 28.1 Å². The summed E-state index contributed by atoms with van der Waals surface area (Å²) < 4.78 is 11.1. The molecule has 6 heteroatoms. The van der Waals surface area contributed by atoms with E-state index in [1.807, 2.05) is 18.2 Å². The van der Waals surface area contributed by atoms with Crippen LogP contribution in [-0.2, 0) is 15.9 Å². The van der Waals surface area contributed by atoms with E-state index in [1.54, 1.807) is 19.1 Å². The third-order valence-corrected chi connectivity index (χ3v) is 3.49. The van der Waals surface area contributed by atoms with Crippen molar-refractivity contribution >= 4 is 22.0 Å². The molecular formula is C15H23BrN2O3. The van der Waals surface area contributed by atoms with E-state index in [4.69, 9.17) is 9.47 Å². The maximum atomic E-state index is 12.1. The summed E-state index contributed by atoms with van der Waals surface area (Å²) in [4.78, 5) is 13.8. The predicted octanol–water partition coefficient (Wildman–Crippen LogP) is 2.30. The highest BCUT2D eigenvalue weighted by atomic mass is 79.9. The number of urea groups is 1. The van der Waals surface area contributed by atoms with Crippen LogP contribution in [-0.4, -0.2) is 58.0 Å². The molecule has 0 radical (unpaired) electrons. The van der Waals surface area contributed by atoms with Crippen molar-refractivity contribution in [3.05, 3.63) is 34.3 Å². The third kappa shape index (κ3) is 7.45. The molecule has 0 heterocycles. The average molecular weight is 359 g/mol. The van der Waals surface area contributed by atoms with E-state index < -0.39 is 0 Å². The second kappa shape index (κ2) is 10.6. The monoisotopic (exact) mass is 358 g/mol. The molecule has 0 aromatic heterocycles. The number of hydrogen-bond acceptors (Lipinski definition) is 3. The number of methoxy groups -OCH3 is 2. The summed E-state index contributed by atoms with van der Waals surface area (Å²) in [6.07, 6.45) is 0.799. The molecule has 2 amide bonds. The van der Waals surface area contributed by atoms with Gasteiger partial charge >= 0.3 is 6.03 Å². The topological polar surface area (TPSA) is 50.8 Å². The summed E-state index contributed by atoms with van der Waals surface area (Å²) in [6.45, 7) is 2.75. The largest absolute Gasteiger partial charge is 0.383 e. The highest BCUT2D eigenvalue weighted by Gasteiger charge is 2.12. The maximum Gasteiger partial charge on any atom is 0.317 e. The Bertz CT molecular complexity index is 421. The van der Waals surface area contributed by atoms with Crippen molar-refractivity contribution in [1.82, 2.24) is 10.2 Å². The first-order valence-corrected chi connectivity index (χ1v) is 7.71. The van der Waals surface area contributed by atoms with Gasteiger partial charge in [0.15, 0.2) is 0 Å². The third-order valence-electron chi connectivity index (χ3n) is 3.00. The van der Waals surface area contributed by atoms with Crippen LogP contribution in [0.1, 0.15) is 5.56 Å². The molecule has 21 heavy (non-hydrogen) atoms. The van der Waals surface area contributed by atoms with Crippen LogP contribution in [0.3, 0.4) is 0 Å². The van der Waals surface area contributed by atoms with Crippen LogP contribution in [0, 0.1) is 0 Å². The molecular weight excluding hydrogens is 336 g/mol. The summed E-state index contributed by atoms with van der Waals surface area (Å²) in [5, 5.41) is 2.93. The van der Waals surface area contributed by atoms with Crippen LogP contribution in [0.5, 0.6) is 0 Å². The molecule has 0 saturated heterocycles. The fourth-order valence-corrected chi connectivity index (χ4v) is 2.28. The smallest absolute Gasteiger partial charge is 0.317 e. The molecule has 0 saturated carbocycles. The van der Waals surface area contributed by atoms with Crippen LogP contribution < -0.4 is 5.32 Å². The van der Waals surface area contributed by atoms with Gasteiger partial charge in [-0.25, -0.2) is 4.79 Å². The summed E-state index contributed by atoms with van der Waals surface area (Å²) in [6, 6.07) is 7.99. The SMILES string of the molecule is COCCN(CCOC)C(=O)NCCc1cccc(Br)c1. The Morgan fingerprint density at radius 2 is 1.90 bits per heavy atom. The molecule has 5 nitrogen and oxygen atoms in total. The summed E-state index contributed by atoms with van der Waals surface area (Å²) in [5.74, 6) is 0. The van der Waals surface area contributed by atoms with Crippen molar-refractivity contribution in [3.8, 4) is 0 Å². The van der Waals surface area contributed by atoms with E-state index in [1.165, 1.54) is 5.56 Å². The second-order valence-corrected chi connectivity index (χ2v) is 5.50. The van der Waals surface area contributed by atoms with Crippen molar-refractivity contribution in [2.24, 2.45) is 0 Å². The van der Waals surface area contributed by atoms with Gasteiger partial charge in [-0.05, 0) is 24.1 Å². The molecule has 0 aliphatic carbocycles. The minimum atomic E-state index is -0.0842.